The van der Waals surface area contributed by atoms with Crippen molar-refractivity contribution in [2.24, 2.45) is 0 Å². The highest BCUT2D eigenvalue weighted by Crippen LogP contribution is 2.41. The van der Waals surface area contributed by atoms with Crippen LogP contribution >= 0.6 is 0 Å². The highest BCUT2D eigenvalue weighted by atomic mass is 16.5. The third-order valence-corrected chi connectivity index (χ3v) is 6.15. The molecule has 32 heavy (non-hydrogen) atoms. The first kappa shape index (κ1) is 20.3. The summed E-state index contributed by atoms with van der Waals surface area (Å²) in [7, 11) is 1.58. The molecule has 0 saturated carbocycles. The maximum Gasteiger partial charge on any atom is 0.316 e. The van der Waals surface area contributed by atoms with Crippen LogP contribution < -0.4 is 9.47 Å². The van der Waals surface area contributed by atoms with Crippen molar-refractivity contribution >= 4 is 0 Å². The Bertz CT molecular complexity index is 1130. The summed E-state index contributed by atoms with van der Waals surface area (Å²) >= 11 is 0. The summed E-state index contributed by atoms with van der Waals surface area (Å²) in [6, 6.07) is 27.9. The average molecular weight is 423 g/mol. The van der Waals surface area contributed by atoms with E-state index in [0.29, 0.717) is 6.01 Å². The van der Waals surface area contributed by atoms with Crippen LogP contribution in [-0.4, -0.2) is 22.7 Å². The van der Waals surface area contributed by atoms with Crippen molar-refractivity contribution < 1.29 is 9.47 Å². The topological polar surface area (TPSA) is 44.2 Å². The zero-order valence-corrected chi connectivity index (χ0v) is 18.2. The van der Waals surface area contributed by atoms with E-state index in [4.69, 9.17) is 9.47 Å². The summed E-state index contributed by atoms with van der Waals surface area (Å²) in [4.78, 5) is 8.58. The van der Waals surface area contributed by atoms with Crippen LogP contribution in [0.2, 0.25) is 0 Å². The lowest BCUT2D eigenvalue weighted by Crippen LogP contribution is -2.44. The van der Waals surface area contributed by atoms with Gasteiger partial charge in [-0.1, -0.05) is 72.8 Å². The van der Waals surface area contributed by atoms with E-state index in [1.807, 2.05) is 12.4 Å². The predicted molar refractivity (Wildman–Crippen MR) is 126 cm³/mol. The van der Waals surface area contributed by atoms with Crippen molar-refractivity contribution in [3.05, 3.63) is 108 Å². The van der Waals surface area contributed by atoms with Crippen LogP contribution in [0.15, 0.2) is 91.3 Å². The molecule has 1 aliphatic rings. The highest BCUT2D eigenvalue weighted by molar-refractivity contribution is 5.69. The Balaban J connectivity index is 1.50. The molecule has 5 rings (SSSR count). The summed E-state index contributed by atoms with van der Waals surface area (Å²) in [6.45, 7) is 0. The first-order valence-electron chi connectivity index (χ1n) is 11.0. The second kappa shape index (κ2) is 8.83. The van der Waals surface area contributed by atoms with Gasteiger partial charge in [0.05, 0.1) is 7.11 Å². The fourth-order valence-corrected chi connectivity index (χ4v) is 4.63. The molecule has 4 heteroatoms. The van der Waals surface area contributed by atoms with Crippen LogP contribution in [0.25, 0.3) is 11.1 Å². The number of hydrogen-bond donors (Lipinski definition) is 0. The fourth-order valence-electron chi connectivity index (χ4n) is 4.63. The Morgan fingerprint density at radius 2 is 1.44 bits per heavy atom. The number of methoxy groups -OCH3 is 1. The van der Waals surface area contributed by atoms with Gasteiger partial charge in [-0.25, -0.2) is 9.97 Å². The molecule has 1 aliphatic heterocycles. The molecule has 0 N–H and O–H groups in total. The third kappa shape index (κ3) is 4.22. The summed E-state index contributed by atoms with van der Waals surface area (Å²) < 4.78 is 12.0. The van der Waals surface area contributed by atoms with Crippen LogP contribution in [-0.2, 0) is 19.3 Å². The first-order valence-corrected chi connectivity index (χ1v) is 11.0. The molecule has 4 aromatic rings. The molecule has 0 bridgehead atoms. The number of hydrogen-bond acceptors (Lipinski definition) is 4. The lowest BCUT2D eigenvalue weighted by Gasteiger charge is -2.40. The fraction of sp³-hybridized carbons (Fsp3) is 0.214. The van der Waals surface area contributed by atoms with Crippen LogP contribution in [0, 0.1) is 0 Å². The molecule has 1 aromatic heterocycles. The lowest BCUT2D eigenvalue weighted by molar-refractivity contribution is 0.0466. The molecule has 2 heterocycles. The van der Waals surface area contributed by atoms with E-state index in [1.165, 1.54) is 16.7 Å². The smallest absolute Gasteiger partial charge is 0.316 e. The molecule has 0 atom stereocenters. The number of aromatic nitrogens is 2. The highest BCUT2D eigenvalue weighted by Gasteiger charge is 2.37. The maximum atomic E-state index is 6.87. The molecule has 3 aromatic carbocycles. The van der Waals surface area contributed by atoms with Crippen molar-refractivity contribution in [2.75, 3.05) is 7.11 Å². The monoisotopic (exact) mass is 422 g/mol. The minimum atomic E-state index is -0.287. The van der Waals surface area contributed by atoms with Crippen LogP contribution in [0.5, 0.6) is 11.8 Å². The standard InChI is InChI=1S/C28H26N2O2/c1-31-27-29-19-23(20-30-27)24-13-8-14-26-25(24)15-16-28(32-26,17-21-9-4-2-5-10-21)18-22-11-6-3-7-12-22/h2-14,19-20H,15-18H2,1H3. The van der Waals surface area contributed by atoms with Crippen molar-refractivity contribution in [1.82, 2.24) is 9.97 Å². The molecule has 0 amide bonds. The van der Waals surface area contributed by atoms with Crippen LogP contribution in [0.3, 0.4) is 0 Å². The molecule has 160 valence electrons. The van der Waals surface area contributed by atoms with E-state index in [0.717, 1.165) is 42.6 Å². The van der Waals surface area contributed by atoms with E-state index < -0.39 is 0 Å². The van der Waals surface area contributed by atoms with Crippen molar-refractivity contribution in [2.45, 2.75) is 31.3 Å². The summed E-state index contributed by atoms with van der Waals surface area (Å²) in [6.07, 6.45) is 7.26. The minimum Gasteiger partial charge on any atom is -0.486 e. The Labute approximate surface area is 188 Å². The largest absolute Gasteiger partial charge is 0.486 e. The SMILES string of the molecule is COc1ncc(-c2cccc3c2CCC(Cc2ccccc2)(Cc2ccccc2)O3)cn1. The Kier molecular flexibility index (Phi) is 5.59. The van der Waals surface area contributed by atoms with Gasteiger partial charge in [-0.3, -0.25) is 0 Å². The maximum absolute atomic E-state index is 6.87. The van der Waals surface area contributed by atoms with Gasteiger partial charge >= 0.3 is 6.01 Å². The number of ether oxygens (including phenoxy) is 2. The second-order valence-corrected chi connectivity index (χ2v) is 8.35. The van der Waals surface area contributed by atoms with E-state index in [1.54, 1.807) is 7.11 Å². The van der Waals surface area contributed by atoms with Crippen molar-refractivity contribution in [1.29, 1.82) is 0 Å². The third-order valence-electron chi connectivity index (χ3n) is 6.15. The number of nitrogens with zero attached hydrogens (tertiary/aromatic N) is 2. The van der Waals surface area contributed by atoms with Gasteiger partial charge in [-0.2, -0.15) is 0 Å². The quantitative estimate of drug-likeness (QED) is 0.400. The lowest BCUT2D eigenvalue weighted by atomic mass is 9.80. The van der Waals surface area contributed by atoms with Crippen molar-refractivity contribution in [3.8, 4) is 22.9 Å². The summed E-state index contributed by atoms with van der Waals surface area (Å²) in [5, 5.41) is 0. The molecule has 0 aliphatic carbocycles. The van der Waals surface area contributed by atoms with E-state index in [-0.39, 0.29) is 5.60 Å². The van der Waals surface area contributed by atoms with Gasteiger partial charge in [-0.15, -0.1) is 0 Å². The molecule has 0 saturated heterocycles. The minimum absolute atomic E-state index is 0.287. The van der Waals surface area contributed by atoms with Crippen LogP contribution in [0.4, 0.5) is 0 Å². The van der Waals surface area contributed by atoms with Gasteiger partial charge in [0, 0.05) is 36.4 Å². The molecule has 4 nitrogen and oxygen atoms in total. The van der Waals surface area contributed by atoms with Gasteiger partial charge in [0.2, 0.25) is 0 Å². The van der Waals surface area contributed by atoms with Gasteiger partial charge in [0.1, 0.15) is 11.4 Å². The van der Waals surface area contributed by atoms with Gasteiger partial charge in [0.15, 0.2) is 0 Å². The molecule has 0 unspecified atom stereocenters. The Morgan fingerprint density at radius 1 is 0.812 bits per heavy atom. The number of benzene rings is 3. The number of rotatable bonds is 6. The van der Waals surface area contributed by atoms with Gasteiger partial charge < -0.3 is 9.47 Å². The van der Waals surface area contributed by atoms with Crippen LogP contribution in [0.1, 0.15) is 23.1 Å². The molecule has 0 spiro atoms. The molecule has 0 radical (unpaired) electrons. The zero-order chi connectivity index (χ0) is 21.8. The Hall–Kier alpha value is -3.66. The zero-order valence-electron chi connectivity index (χ0n) is 18.2. The normalized spacial score (nSPS) is 14.3. The van der Waals surface area contributed by atoms with E-state index in [2.05, 4.69) is 88.8 Å². The second-order valence-electron chi connectivity index (χ2n) is 8.35. The molecular formula is C28H26N2O2. The first-order chi connectivity index (χ1) is 15.7. The van der Waals surface area contributed by atoms with Gasteiger partial charge in [-0.05, 0) is 35.6 Å². The van der Waals surface area contributed by atoms with E-state index in [9.17, 15) is 0 Å². The molecule has 0 fully saturated rings. The summed E-state index contributed by atoms with van der Waals surface area (Å²) in [5.41, 5.74) is 5.63. The van der Waals surface area contributed by atoms with Gasteiger partial charge in [0.25, 0.3) is 0 Å². The average Bonchev–Trinajstić information content (AvgIpc) is 2.85. The Morgan fingerprint density at radius 3 is 2.03 bits per heavy atom. The number of fused-ring (bicyclic) bond motifs is 1. The predicted octanol–water partition coefficient (Wildman–Crippen LogP) is 5.70. The molecular weight excluding hydrogens is 396 g/mol. The summed E-state index contributed by atoms with van der Waals surface area (Å²) in [5.74, 6) is 0.955. The van der Waals surface area contributed by atoms with Crippen molar-refractivity contribution in [3.63, 3.8) is 0 Å². The van der Waals surface area contributed by atoms with E-state index >= 15 is 0 Å².